The van der Waals surface area contributed by atoms with Crippen molar-refractivity contribution in [2.75, 3.05) is 12.1 Å². The topological polar surface area (TPSA) is 297 Å². The minimum Gasteiger partial charge on any atom is -0.343 e. The van der Waals surface area contributed by atoms with E-state index in [0.717, 1.165) is 29.3 Å². The molecule has 0 aliphatic carbocycles. The Labute approximate surface area is 282 Å². The van der Waals surface area contributed by atoms with Gasteiger partial charge < -0.3 is 4.57 Å². The lowest BCUT2D eigenvalue weighted by atomic mass is 9.96. The molecule has 2 aromatic carbocycles. The van der Waals surface area contributed by atoms with Crippen LogP contribution in [0.5, 0.6) is 0 Å². The zero-order valence-corrected chi connectivity index (χ0v) is 28.4. The second-order valence-electron chi connectivity index (χ2n) is 11.2. The number of nitrogens with one attached hydrogen (secondary N) is 2. The van der Waals surface area contributed by atoms with Gasteiger partial charge in [0.25, 0.3) is 40.5 Å². The Bertz CT molecular complexity index is 2690. The van der Waals surface area contributed by atoms with Crippen molar-refractivity contribution in [1.82, 2.24) is 24.8 Å². The van der Waals surface area contributed by atoms with Crippen molar-refractivity contribution < 1.29 is 61.5 Å². The largest absolute Gasteiger partial charge is 0.369 e. The van der Waals surface area contributed by atoms with E-state index in [9.17, 15) is 61.5 Å². The van der Waals surface area contributed by atoms with Crippen LogP contribution in [0, 0.1) is 0 Å². The van der Waals surface area contributed by atoms with Crippen LogP contribution >= 0.6 is 0 Å². The van der Waals surface area contributed by atoms with Crippen molar-refractivity contribution in [1.29, 1.82) is 0 Å². The fraction of sp³-hybridized carbons (Fsp3) is 0.115. The van der Waals surface area contributed by atoms with Gasteiger partial charge in [-0.1, -0.05) is 0 Å². The summed E-state index contributed by atoms with van der Waals surface area (Å²) in [6, 6.07) is 4.87. The van der Waals surface area contributed by atoms with Crippen LogP contribution in [0.1, 0.15) is 22.1 Å². The van der Waals surface area contributed by atoms with Gasteiger partial charge in [-0.15, -0.1) is 0 Å². The molecule has 2 unspecified atom stereocenters. The highest BCUT2D eigenvalue weighted by molar-refractivity contribution is 7.87. The van der Waals surface area contributed by atoms with Crippen molar-refractivity contribution in [3.63, 3.8) is 0 Å². The SMILES string of the molecule is Cn1cccc1C(=O)[N+](C)(c1ccc2c(S(=O)(=O)O)cc(S(=O)(=O)O)cc2n1)C1C=C2NC(=O)NN2c2cc(S(=O)(=O)O)cc(S(=O)(=O)O)c21. The number of likely N-dealkylation sites (N-methyl/N-ethyl adjacent to an activating group) is 1. The van der Waals surface area contributed by atoms with E-state index in [4.69, 9.17) is 0 Å². The molecule has 4 aromatic rings. The fourth-order valence-corrected chi connectivity index (χ4v) is 8.53. The number of aromatic nitrogens is 2. The fourth-order valence-electron chi connectivity index (χ4n) is 5.82. The molecule has 264 valence electrons. The van der Waals surface area contributed by atoms with E-state index in [1.807, 2.05) is 0 Å². The Balaban J connectivity index is 1.77. The van der Waals surface area contributed by atoms with Crippen LogP contribution in [0.15, 0.2) is 86.2 Å². The predicted octanol–water partition coefficient (Wildman–Crippen LogP) is 0.968. The highest BCUT2D eigenvalue weighted by atomic mass is 32.2. The Morgan fingerprint density at radius 2 is 1.44 bits per heavy atom. The number of urea groups is 1. The molecule has 1 fully saturated rings. The maximum Gasteiger partial charge on any atom is 0.369 e. The Morgan fingerprint density at radius 3 is 2.00 bits per heavy atom. The molecule has 0 spiro atoms. The van der Waals surface area contributed by atoms with Crippen LogP contribution in [0.25, 0.3) is 10.9 Å². The Morgan fingerprint density at radius 1 is 0.840 bits per heavy atom. The van der Waals surface area contributed by atoms with Gasteiger partial charge in [0.1, 0.15) is 21.3 Å². The van der Waals surface area contributed by atoms with Crippen LogP contribution in [-0.4, -0.2) is 80.4 Å². The van der Waals surface area contributed by atoms with Gasteiger partial charge in [0.15, 0.2) is 6.04 Å². The van der Waals surface area contributed by atoms with E-state index in [2.05, 4.69) is 15.7 Å². The number of quaternary nitrogens is 1. The molecule has 2 aromatic heterocycles. The van der Waals surface area contributed by atoms with Crippen LogP contribution in [0.2, 0.25) is 0 Å². The van der Waals surface area contributed by atoms with Gasteiger partial charge in [-0.05, 0) is 42.5 Å². The minimum atomic E-state index is -5.41. The highest BCUT2D eigenvalue weighted by Crippen LogP contribution is 2.48. The first-order chi connectivity index (χ1) is 22.9. The van der Waals surface area contributed by atoms with Crippen LogP contribution in [-0.2, 0) is 47.5 Å². The van der Waals surface area contributed by atoms with Crippen molar-refractivity contribution in [3.05, 3.63) is 77.9 Å². The third-order valence-electron chi connectivity index (χ3n) is 8.14. The van der Waals surface area contributed by atoms with Gasteiger partial charge in [-0.2, -0.15) is 43.1 Å². The number of nitrogens with zero attached hydrogens (tertiary/aromatic N) is 4. The molecular formula is C26H23N6O14S4+. The summed E-state index contributed by atoms with van der Waals surface area (Å²) in [5.74, 6) is -1.41. The third kappa shape index (κ3) is 5.70. The Kier molecular flexibility index (Phi) is 7.79. The number of hydrazine groups is 1. The number of carbonyl (C=O) groups is 2. The number of hydrogen-bond acceptors (Lipinski definition) is 12. The summed E-state index contributed by atoms with van der Waals surface area (Å²) in [5.41, 5.74) is 0.826. The molecule has 0 radical (unpaired) electrons. The van der Waals surface area contributed by atoms with Gasteiger partial charge in [-0.25, -0.2) is 20.0 Å². The maximum absolute atomic E-state index is 14.7. The number of rotatable bonds is 7. The normalized spacial score (nSPS) is 17.7. The first-order valence-electron chi connectivity index (χ1n) is 13.6. The molecule has 50 heavy (non-hydrogen) atoms. The summed E-state index contributed by atoms with van der Waals surface area (Å²) in [6.07, 6.45) is 2.66. The monoisotopic (exact) mass is 771 g/mol. The number of hydrogen-bond donors (Lipinski definition) is 6. The molecule has 20 nitrogen and oxygen atoms in total. The molecule has 3 amide bonds. The highest BCUT2D eigenvalue weighted by Gasteiger charge is 2.52. The summed E-state index contributed by atoms with van der Waals surface area (Å²) in [7, 11) is -18.1. The van der Waals surface area contributed by atoms with E-state index in [1.165, 1.54) is 43.1 Å². The summed E-state index contributed by atoms with van der Waals surface area (Å²) < 4.78 is 139. The summed E-state index contributed by atoms with van der Waals surface area (Å²) in [5, 5.41) is 2.95. The van der Waals surface area contributed by atoms with E-state index in [-0.39, 0.29) is 22.7 Å². The number of anilines is 1. The number of carbonyl (C=O) groups excluding carboxylic acids is 2. The van der Waals surface area contributed by atoms with Gasteiger partial charge in [0.2, 0.25) is 5.82 Å². The average Bonchev–Trinajstić information content (AvgIpc) is 3.60. The average molecular weight is 772 g/mol. The molecule has 24 heteroatoms. The number of aryl methyl sites for hydroxylation is 1. The van der Waals surface area contributed by atoms with E-state index in [1.54, 1.807) is 0 Å². The lowest BCUT2D eigenvalue weighted by Gasteiger charge is -2.40. The van der Waals surface area contributed by atoms with Gasteiger partial charge >= 0.3 is 11.9 Å². The third-order valence-corrected chi connectivity index (χ3v) is 11.6. The van der Waals surface area contributed by atoms with Crippen molar-refractivity contribution >= 4 is 74.8 Å². The zero-order chi connectivity index (χ0) is 36.9. The molecule has 4 heterocycles. The van der Waals surface area contributed by atoms with Gasteiger partial charge in [0.05, 0.1) is 33.6 Å². The number of pyridine rings is 1. The van der Waals surface area contributed by atoms with Crippen LogP contribution in [0.3, 0.4) is 0 Å². The van der Waals surface area contributed by atoms with Crippen molar-refractivity contribution in [2.24, 2.45) is 7.05 Å². The summed E-state index contributed by atoms with van der Waals surface area (Å²) in [6.45, 7) is 0. The van der Waals surface area contributed by atoms with Crippen molar-refractivity contribution in [2.45, 2.75) is 25.6 Å². The number of fused-ring (bicyclic) bond motifs is 4. The molecular weight excluding hydrogens is 749 g/mol. The van der Waals surface area contributed by atoms with E-state index < -0.39 is 99.3 Å². The Hall–Kier alpha value is -4.79. The van der Waals surface area contributed by atoms with Crippen LogP contribution < -0.4 is 20.2 Å². The maximum atomic E-state index is 14.7. The lowest BCUT2D eigenvalue weighted by molar-refractivity contribution is 0.0748. The van der Waals surface area contributed by atoms with Gasteiger partial charge in [0, 0.05) is 30.8 Å². The van der Waals surface area contributed by atoms with E-state index in [0.29, 0.717) is 12.1 Å². The second kappa shape index (κ2) is 11.1. The molecule has 1 saturated heterocycles. The molecule has 2 aliphatic heterocycles. The summed E-state index contributed by atoms with van der Waals surface area (Å²) >= 11 is 0. The first-order valence-corrected chi connectivity index (χ1v) is 19.3. The molecule has 6 N–H and O–H groups in total. The number of amides is 3. The molecule has 2 aliphatic rings. The number of benzene rings is 2. The standard InChI is InChI=1S/C26H22N6O14S4/c1-30-7-3-4-17(30)25(33)32(2,23-6-5-15-16(27-23)8-13(47(35,36)37)10-20(15)49(41,42)43)19-12-22-28-26(34)29-31(22)18-9-14(48(38,39)40)11-21(24(18)19)50(44,45)46/h3-12,19H,1-2H3,(H5-,28,29,34,35,36,37,38,39,40,41,42,43,44,45,46)/p+1. The zero-order valence-electron chi connectivity index (χ0n) is 25.1. The summed E-state index contributed by atoms with van der Waals surface area (Å²) in [4.78, 5) is 27.5. The minimum absolute atomic E-state index is 0.0429. The predicted molar refractivity (Wildman–Crippen MR) is 170 cm³/mol. The molecule has 2 atom stereocenters. The molecule has 6 rings (SSSR count). The molecule has 0 bridgehead atoms. The quantitative estimate of drug-likeness (QED) is 0.113. The second-order valence-corrected chi connectivity index (χ2v) is 16.8. The van der Waals surface area contributed by atoms with Gasteiger partial charge in [-0.3, -0.25) is 23.5 Å². The van der Waals surface area contributed by atoms with Crippen molar-refractivity contribution in [3.8, 4) is 0 Å². The smallest absolute Gasteiger partial charge is 0.343 e. The van der Waals surface area contributed by atoms with Crippen LogP contribution in [0.4, 0.5) is 16.3 Å². The van der Waals surface area contributed by atoms with E-state index >= 15 is 0 Å². The molecule has 0 saturated carbocycles. The first kappa shape index (κ1) is 35.1. The lowest BCUT2D eigenvalue weighted by Crippen LogP contribution is -2.55.